The lowest BCUT2D eigenvalue weighted by Gasteiger charge is -2.32. The Bertz CT molecular complexity index is 1790. The van der Waals surface area contributed by atoms with Gasteiger partial charge in [0.2, 0.25) is 0 Å². The van der Waals surface area contributed by atoms with Gasteiger partial charge in [0.05, 0.1) is 22.2 Å². The Balaban J connectivity index is 1.26. The van der Waals surface area contributed by atoms with Crippen molar-refractivity contribution in [1.29, 1.82) is 0 Å². The maximum atomic E-state index is 15.7. The minimum absolute atomic E-state index is 0.0235. The lowest BCUT2D eigenvalue weighted by Crippen LogP contribution is -2.44. The Hall–Kier alpha value is -3.60. The average Bonchev–Trinajstić information content (AvgIpc) is 3.56. The Morgan fingerprint density at radius 2 is 2.07 bits per heavy atom. The van der Waals surface area contributed by atoms with Gasteiger partial charge in [-0.25, -0.2) is 13.6 Å². The first-order valence-electron chi connectivity index (χ1n) is 15.2. The summed E-state index contributed by atoms with van der Waals surface area (Å²) in [6.07, 6.45) is 7.78. The van der Waals surface area contributed by atoms with E-state index in [2.05, 4.69) is 20.3 Å². The number of aryl methyl sites for hydroxylation is 1. The molecule has 0 radical (unpaired) electrons. The molecule has 0 amide bonds. The summed E-state index contributed by atoms with van der Waals surface area (Å²) in [5, 5.41) is 4.30. The molecule has 2 aromatic carbocycles. The van der Waals surface area contributed by atoms with Crippen LogP contribution in [0.25, 0.3) is 28.0 Å². The number of nitrogens with two attached hydrogens (primary N) is 2. The Morgan fingerprint density at radius 3 is 2.82 bits per heavy atom. The lowest BCUT2D eigenvalue weighted by atomic mass is 9.91. The van der Waals surface area contributed by atoms with Crippen LogP contribution in [0.15, 0.2) is 52.4 Å². The number of piperidine rings is 1. The second-order valence-electron chi connectivity index (χ2n) is 12.5. The van der Waals surface area contributed by atoms with Gasteiger partial charge in [0, 0.05) is 46.9 Å². The van der Waals surface area contributed by atoms with Crippen LogP contribution in [0.4, 0.5) is 8.78 Å². The fourth-order valence-electron chi connectivity index (χ4n) is 6.67. The van der Waals surface area contributed by atoms with Crippen LogP contribution in [0, 0.1) is 17.6 Å². The van der Waals surface area contributed by atoms with Crippen LogP contribution in [-0.2, 0) is 12.0 Å². The van der Waals surface area contributed by atoms with Crippen LogP contribution in [0.3, 0.4) is 0 Å². The van der Waals surface area contributed by atoms with Crippen molar-refractivity contribution in [3.8, 4) is 16.9 Å². The third-order valence-electron chi connectivity index (χ3n) is 8.99. The summed E-state index contributed by atoms with van der Waals surface area (Å²) in [7, 11) is 0. The van der Waals surface area contributed by atoms with E-state index in [-0.39, 0.29) is 22.9 Å². The number of benzene rings is 2. The van der Waals surface area contributed by atoms with Crippen LogP contribution in [-0.4, -0.2) is 39.0 Å². The highest BCUT2D eigenvalue weighted by atomic mass is 35.5. The number of amidine groups is 1. The molecular weight excluding hydrogens is 584 g/mol. The number of fused-ring (bicyclic) bond motifs is 2. The SMILES string of the molecule is CC(N)=NCC[C@@H]1CCC2C[C@]2(c2ccc(-n3cc4cc(-c5cc(CCC[C@H](C)N)cc(Cl)c5F)[nH]c4nc3=O)cc2F)N1. The lowest BCUT2D eigenvalue weighted by molar-refractivity contribution is 0.296. The summed E-state index contributed by atoms with van der Waals surface area (Å²) in [4.78, 5) is 24.6. The highest BCUT2D eigenvalue weighted by Gasteiger charge is 2.58. The fraction of sp³-hybridized carbons (Fsp3) is 0.424. The number of hydrogen-bond acceptors (Lipinski definition) is 5. The number of nitrogens with one attached hydrogen (secondary N) is 2. The van der Waals surface area contributed by atoms with Gasteiger partial charge in [-0.05, 0) is 101 Å². The van der Waals surface area contributed by atoms with Gasteiger partial charge >= 0.3 is 5.69 Å². The second kappa shape index (κ2) is 12.1. The summed E-state index contributed by atoms with van der Waals surface area (Å²) < 4.78 is 32.2. The predicted octanol–water partition coefficient (Wildman–Crippen LogP) is 5.72. The molecule has 4 atom stereocenters. The Labute approximate surface area is 259 Å². The highest BCUT2D eigenvalue weighted by molar-refractivity contribution is 6.31. The molecule has 0 bridgehead atoms. The molecule has 4 aromatic rings. The number of aromatic amines is 1. The number of rotatable bonds is 10. The molecule has 11 heteroatoms. The van der Waals surface area contributed by atoms with Crippen molar-refractivity contribution in [2.45, 2.75) is 76.4 Å². The number of halogens is 3. The van der Waals surface area contributed by atoms with E-state index in [4.69, 9.17) is 23.1 Å². The summed E-state index contributed by atoms with van der Waals surface area (Å²) in [6, 6.07) is 10.4. The van der Waals surface area contributed by atoms with E-state index in [1.54, 1.807) is 43.5 Å². The van der Waals surface area contributed by atoms with Crippen molar-refractivity contribution in [3.63, 3.8) is 0 Å². The van der Waals surface area contributed by atoms with E-state index in [0.717, 1.165) is 44.1 Å². The molecule has 1 saturated heterocycles. The van der Waals surface area contributed by atoms with Crippen molar-refractivity contribution in [2.75, 3.05) is 6.54 Å². The third-order valence-corrected chi connectivity index (χ3v) is 9.27. The fourth-order valence-corrected chi connectivity index (χ4v) is 6.91. The van der Waals surface area contributed by atoms with Crippen molar-refractivity contribution in [3.05, 3.63) is 80.9 Å². The quantitative estimate of drug-likeness (QED) is 0.133. The zero-order valence-electron chi connectivity index (χ0n) is 25.0. The molecule has 6 rings (SSSR count). The monoisotopic (exact) mass is 621 g/mol. The van der Waals surface area contributed by atoms with E-state index in [0.29, 0.717) is 58.3 Å². The molecule has 1 unspecified atom stereocenters. The van der Waals surface area contributed by atoms with E-state index >= 15 is 8.78 Å². The molecule has 2 aliphatic rings. The minimum Gasteiger partial charge on any atom is -0.388 e. The molecule has 1 saturated carbocycles. The van der Waals surface area contributed by atoms with Gasteiger partial charge in [-0.3, -0.25) is 9.56 Å². The first-order valence-corrected chi connectivity index (χ1v) is 15.6. The summed E-state index contributed by atoms with van der Waals surface area (Å²) >= 11 is 6.24. The summed E-state index contributed by atoms with van der Waals surface area (Å²) in [5.41, 5.74) is 13.5. The summed E-state index contributed by atoms with van der Waals surface area (Å²) in [5.74, 6) is 0.0260. The number of hydrogen-bond donors (Lipinski definition) is 4. The predicted molar refractivity (Wildman–Crippen MR) is 171 cm³/mol. The third kappa shape index (κ3) is 6.03. The van der Waals surface area contributed by atoms with Crippen molar-refractivity contribution in [2.24, 2.45) is 22.4 Å². The molecule has 3 heterocycles. The van der Waals surface area contributed by atoms with Crippen LogP contribution in [0.5, 0.6) is 0 Å². The van der Waals surface area contributed by atoms with Gasteiger partial charge in [0.25, 0.3) is 0 Å². The van der Waals surface area contributed by atoms with Gasteiger partial charge in [-0.1, -0.05) is 17.7 Å². The zero-order chi connectivity index (χ0) is 31.2. The number of aromatic nitrogens is 3. The molecule has 0 spiro atoms. The molecule has 232 valence electrons. The number of H-pyrrole nitrogens is 1. The van der Waals surface area contributed by atoms with Crippen molar-refractivity contribution in [1.82, 2.24) is 19.9 Å². The molecule has 44 heavy (non-hydrogen) atoms. The van der Waals surface area contributed by atoms with E-state index < -0.39 is 17.0 Å². The maximum Gasteiger partial charge on any atom is 0.354 e. The molecule has 6 N–H and O–H groups in total. The minimum atomic E-state index is -0.574. The number of aliphatic imine (C=N–C) groups is 1. The standard InChI is InChI=1S/C33H38ClF2N7O/c1-18(37)4-3-5-20-12-25(30(36)27(34)13-20)29-14-21-17-43(32(44)41-31(21)40-29)24-8-9-26(28(35)15-24)33-16-22(33)6-7-23(42-33)10-11-39-19(2)38/h8-9,12-15,17-18,22-23,42H,3-7,10-11,16,37H2,1-2H3,(H2,38,39)(H,40,41,44)/t18-,22?,23-,33-/m0/s1. The first-order chi connectivity index (χ1) is 21.0. The topological polar surface area (TPSA) is 127 Å². The largest absolute Gasteiger partial charge is 0.388 e. The molecule has 2 aromatic heterocycles. The van der Waals surface area contributed by atoms with Gasteiger partial charge in [-0.2, -0.15) is 4.98 Å². The smallest absolute Gasteiger partial charge is 0.354 e. The zero-order valence-corrected chi connectivity index (χ0v) is 25.7. The van der Waals surface area contributed by atoms with Crippen LogP contribution >= 0.6 is 11.6 Å². The Morgan fingerprint density at radius 1 is 1.25 bits per heavy atom. The average molecular weight is 622 g/mol. The van der Waals surface area contributed by atoms with Gasteiger partial charge in [0.1, 0.15) is 11.5 Å². The van der Waals surface area contributed by atoms with E-state index in [1.807, 2.05) is 6.92 Å². The van der Waals surface area contributed by atoms with Crippen LogP contribution in [0.1, 0.15) is 63.5 Å². The van der Waals surface area contributed by atoms with Crippen molar-refractivity contribution >= 4 is 28.5 Å². The van der Waals surface area contributed by atoms with Gasteiger partial charge < -0.3 is 21.8 Å². The molecule has 1 aliphatic heterocycles. The maximum absolute atomic E-state index is 15.7. The Kier molecular flexibility index (Phi) is 8.34. The first kappa shape index (κ1) is 30.4. The van der Waals surface area contributed by atoms with E-state index in [1.165, 1.54) is 10.6 Å². The molecule has 1 aliphatic carbocycles. The van der Waals surface area contributed by atoms with Crippen molar-refractivity contribution < 1.29 is 8.78 Å². The summed E-state index contributed by atoms with van der Waals surface area (Å²) in [6.45, 7) is 4.37. The molecular formula is C33H38ClF2N7O. The van der Waals surface area contributed by atoms with E-state index in [9.17, 15) is 4.79 Å². The number of nitrogens with zero attached hydrogens (tertiary/aromatic N) is 3. The second-order valence-corrected chi connectivity index (χ2v) is 12.9. The molecule has 2 fully saturated rings. The van der Waals surface area contributed by atoms with Gasteiger partial charge in [-0.15, -0.1) is 0 Å². The molecule has 8 nitrogen and oxygen atoms in total. The highest BCUT2D eigenvalue weighted by Crippen LogP contribution is 2.58. The normalized spacial score (nSPS) is 22.3. The van der Waals surface area contributed by atoms with Crippen LogP contribution < -0.4 is 22.5 Å². The van der Waals surface area contributed by atoms with Crippen LogP contribution in [0.2, 0.25) is 5.02 Å². The van der Waals surface area contributed by atoms with Gasteiger partial charge in [0.15, 0.2) is 5.82 Å².